The van der Waals surface area contributed by atoms with E-state index in [1.54, 1.807) is 0 Å². The van der Waals surface area contributed by atoms with E-state index in [0.717, 1.165) is 23.6 Å². The summed E-state index contributed by atoms with van der Waals surface area (Å²) in [6, 6.07) is 8.22. The van der Waals surface area contributed by atoms with Crippen molar-refractivity contribution in [1.29, 1.82) is 0 Å². The Morgan fingerprint density at radius 2 is 2.13 bits per heavy atom. The fourth-order valence-electron chi connectivity index (χ4n) is 1.49. The van der Waals surface area contributed by atoms with E-state index in [0.29, 0.717) is 6.04 Å². The molecule has 0 heterocycles. The first-order valence-electron chi connectivity index (χ1n) is 5.05. The number of hydrogen-bond acceptors (Lipinski definition) is 1. The van der Waals surface area contributed by atoms with E-state index in [1.807, 2.05) is 18.2 Å². The van der Waals surface area contributed by atoms with Gasteiger partial charge in [0.25, 0.3) is 0 Å². The number of benzene rings is 1. The van der Waals surface area contributed by atoms with Gasteiger partial charge in [-0.3, -0.25) is 4.90 Å². The molecule has 0 saturated heterocycles. The summed E-state index contributed by atoms with van der Waals surface area (Å²) in [6.07, 6.45) is 6.01. The van der Waals surface area contributed by atoms with Crippen LogP contribution in [0.4, 0.5) is 0 Å². The summed E-state index contributed by atoms with van der Waals surface area (Å²) in [5.74, 6) is 2.64. The molecule has 0 fully saturated rings. The van der Waals surface area contributed by atoms with Crippen LogP contribution < -0.4 is 0 Å². The average Bonchev–Trinajstić information content (AvgIpc) is 2.25. The molecule has 0 spiro atoms. The Kier molecular flexibility index (Phi) is 4.68. The fraction of sp³-hybridized carbons (Fsp3) is 0.385. The van der Waals surface area contributed by atoms with Crippen molar-refractivity contribution in [2.75, 3.05) is 13.6 Å². The summed E-state index contributed by atoms with van der Waals surface area (Å²) in [5.41, 5.74) is 1.15. The molecule has 0 aliphatic heterocycles. The van der Waals surface area contributed by atoms with E-state index in [4.69, 9.17) is 18.0 Å². The van der Waals surface area contributed by atoms with Crippen LogP contribution in [0.25, 0.3) is 0 Å². The molecule has 0 N–H and O–H groups in total. The van der Waals surface area contributed by atoms with Crippen molar-refractivity contribution in [3.8, 4) is 12.3 Å². The molecule has 2 heteroatoms. The Bertz CT molecular complexity index is 354. The van der Waals surface area contributed by atoms with Crippen molar-refractivity contribution >= 4 is 11.6 Å². The third-order valence-corrected chi connectivity index (χ3v) is 2.97. The normalized spacial score (nSPS) is 12.5. The Labute approximate surface area is 97.0 Å². The first kappa shape index (κ1) is 12.1. The summed E-state index contributed by atoms with van der Waals surface area (Å²) in [7, 11) is 2.06. The van der Waals surface area contributed by atoms with Crippen LogP contribution in [0.1, 0.15) is 24.9 Å². The molecule has 0 bridgehead atoms. The Morgan fingerprint density at radius 3 is 2.73 bits per heavy atom. The maximum atomic E-state index is 6.13. The van der Waals surface area contributed by atoms with Crippen LogP contribution in [0.15, 0.2) is 24.3 Å². The van der Waals surface area contributed by atoms with E-state index in [1.165, 1.54) is 0 Å². The summed E-state index contributed by atoms with van der Waals surface area (Å²) in [5, 5.41) is 0.817. The Morgan fingerprint density at radius 1 is 1.47 bits per heavy atom. The minimum atomic E-state index is 0.298. The molecule has 1 aromatic rings. The molecule has 0 aliphatic carbocycles. The Balaban J connectivity index is 2.72. The fourth-order valence-corrected chi connectivity index (χ4v) is 1.78. The molecule has 1 aromatic carbocycles. The zero-order chi connectivity index (χ0) is 11.3. The van der Waals surface area contributed by atoms with Crippen LogP contribution >= 0.6 is 11.6 Å². The zero-order valence-electron chi connectivity index (χ0n) is 9.20. The summed E-state index contributed by atoms with van der Waals surface area (Å²) in [6.45, 7) is 3.03. The number of terminal acetylenes is 1. The van der Waals surface area contributed by atoms with Gasteiger partial charge in [0.2, 0.25) is 0 Å². The highest BCUT2D eigenvalue weighted by Gasteiger charge is 2.13. The molecule has 1 rings (SSSR count). The van der Waals surface area contributed by atoms with Gasteiger partial charge in [-0.1, -0.05) is 29.8 Å². The van der Waals surface area contributed by atoms with Crippen LogP contribution in [0.5, 0.6) is 0 Å². The van der Waals surface area contributed by atoms with Crippen molar-refractivity contribution in [3.05, 3.63) is 34.9 Å². The van der Waals surface area contributed by atoms with Gasteiger partial charge in [-0.2, -0.15) is 0 Å². The average molecular weight is 222 g/mol. The number of halogens is 1. The zero-order valence-corrected chi connectivity index (χ0v) is 9.96. The third kappa shape index (κ3) is 3.27. The van der Waals surface area contributed by atoms with E-state index >= 15 is 0 Å². The molecule has 80 valence electrons. The quantitative estimate of drug-likeness (QED) is 0.705. The highest BCUT2D eigenvalue weighted by molar-refractivity contribution is 6.31. The molecule has 0 aliphatic rings. The number of nitrogens with zero attached hydrogens (tertiary/aromatic N) is 1. The SMILES string of the molecule is C#CCCN(C)C(C)c1ccccc1Cl. The third-order valence-electron chi connectivity index (χ3n) is 2.63. The van der Waals surface area contributed by atoms with Gasteiger partial charge >= 0.3 is 0 Å². The molecule has 1 unspecified atom stereocenters. The van der Waals surface area contributed by atoms with Gasteiger partial charge in [0, 0.05) is 24.0 Å². The Hall–Kier alpha value is -0.970. The monoisotopic (exact) mass is 221 g/mol. The lowest BCUT2D eigenvalue weighted by Crippen LogP contribution is -2.23. The summed E-state index contributed by atoms with van der Waals surface area (Å²) < 4.78 is 0. The first-order chi connectivity index (χ1) is 7.16. The molecule has 0 saturated carbocycles. The van der Waals surface area contributed by atoms with Crippen molar-refractivity contribution in [1.82, 2.24) is 4.90 Å². The van der Waals surface area contributed by atoms with Crippen LogP contribution in [-0.4, -0.2) is 18.5 Å². The lowest BCUT2D eigenvalue weighted by molar-refractivity contribution is 0.268. The largest absolute Gasteiger partial charge is 0.299 e. The van der Waals surface area contributed by atoms with Crippen molar-refractivity contribution in [3.63, 3.8) is 0 Å². The van der Waals surface area contributed by atoms with E-state index in [-0.39, 0.29) is 0 Å². The van der Waals surface area contributed by atoms with Gasteiger partial charge < -0.3 is 0 Å². The highest BCUT2D eigenvalue weighted by Crippen LogP contribution is 2.25. The molecule has 1 atom stereocenters. The molecule has 15 heavy (non-hydrogen) atoms. The smallest absolute Gasteiger partial charge is 0.0453 e. The second-order valence-electron chi connectivity index (χ2n) is 3.63. The minimum Gasteiger partial charge on any atom is -0.299 e. The van der Waals surface area contributed by atoms with E-state index in [2.05, 4.69) is 30.9 Å². The first-order valence-corrected chi connectivity index (χ1v) is 5.42. The van der Waals surface area contributed by atoms with Crippen LogP contribution in [0, 0.1) is 12.3 Å². The second kappa shape index (κ2) is 5.80. The van der Waals surface area contributed by atoms with Gasteiger partial charge in [0.1, 0.15) is 0 Å². The molecule has 0 amide bonds. The maximum Gasteiger partial charge on any atom is 0.0453 e. The predicted molar refractivity (Wildman–Crippen MR) is 65.9 cm³/mol. The topological polar surface area (TPSA) is 3.24 Å². The number of hydrogen-bond donors (Lipinski definition) is 0. The predicted octanol–water partition coefficient (Wildman–Crippen LogP) is 3.36. The van der Waals surface area contributed by atoms with Gasteiger partial charge in [-0.15, -0.1) is 12.3 Å². The van der Waals surface area contributed by atoms with Gasteiger partial charge in [-0.05, 0) is 25.6 Å². The summed E-state index contributed by atoms with van der Waals surface area (Å²) in [4.78, 5) is 2.21. The summed E-state index contributed by atoms with van der Waals surface area (Å²) >= 11 is 6.13. The van der Waals surface area contributed by atoms with E-state index < -0.39 is 0 Å². The maximum absolute atomic E-state index is 6.13. The van der Waals surface area contributed by atoms with Gasteiger partial charge in [0.15, 0.2) is 0 Å². The molecule has 0 radical (unpaired) electrons. The van der Waals surface area contributed by atoms with E-state index in [9.17, 15) is 0 Å². The lowest BCUT2D eigenvalue weighted by atomic mass is 10.1. The van der Waals surface area contributed by atoms with Crippen LogP contribution in [-0.2, 0) is 0 Å². The standard InChI is InChI=1S/C13H16ClN/c1-4-5-10-15(3)11(2)12-8-6-7-9-13(12)14/h1,6-9,11H,5,10H2,2-3H3. The van der Waals surface area contributed by atoms with Gasteiger partial charge in [0.05, 0.1) is 0 Å². The number of rotatable bonds is 4. The minimum absolute atomic E-state index is 0.298. The highest BCUT2D eigenvalue weighted by atomic mass is 35.5. The van der Waals surface area contributed by atoms with Crippen molar-refractivity contribution in [2.45, 2.75) is 19.4 Å². The van der Waals surface area contributed by atoms with Crippen molar-refractivity contribution < 1.29 is 0 Å². The second-order valence-corrected chi connectivity index (χ2v) is 4.04. The molecular formula is C13H16ClN. The van der Waals surface area contributed by atoms with Gasteiger partial charge in [-0.25, -0.2) is 0 Å². The molecule has 1 nitrogen and oxygen atoms in total. The lowest BCUT2D eigenvalue weighted by Gasteiger charge is -2.24. The molecular weight excluding hydrogens is 206 g/mol. The van der Waals surface area contributed by atoms with Crippen LogP contribution in [0.3, 0.4) is 0 Å². The molecule has 0 aromatic heterocycles. The van der Waals surface area contributed by atoms with Crippen molar-refractivity contribution in [2.24, 2.45) is 0 Å². The van der Waals surface area contributed by atoms with Crippen LogP contribution in [0.2, 0.25) is 5.02 Å².